The van der Waals surface area contributed by atoms with Gasteiger partial charge in [-0.1, -0.05) is 19.1 Å². The number of furan rings is 1. The quantitative estimate of drug-likeness (QED) is 0.762. The number of hydrogen-bond donors (Lipinski definition) is 0. The number of esters is 1. The second kappa shape index (κ2) is 4.91. The van der Waals surface area contributed by atoms with Crippen molar-refractivity contribution in [3.63, 3.8) is 0 Å². The number of hydrogen-bond acceptors (Lipinski definition) is 4. The lowest BCUT2D eigenvalue weighted by Crippen LogP contribution is -2.05. The maximum Gasteiger partial charge on any atom is 0.313 e. The number of rotatable bonds is 4. The normalized spacial score (nSPS) is 10.5. The first kappa shape index (κ1) is 11.5. The molecule has 0 unspecified atom stereocenters. The third-order valence-corrected chi connectivity index (χ3v) is 2.37. The van der Waals surface area contributed by atoms with Crippen molar-refractivity contribution in [2.24, 2.45) is 0 Å². The Balaban J connectivity index is 2.28. The molecule has 0 aliphatic rings. The molecule has 0 amide bonds. The molecule has 2 aromatic rings. The molecule has 0 radical (unpaired) electrons. The van der Waals surface area contributed by atoms with Crippen LogP contribution >= 0.6 is 0 Å². The topological polar surface area (TPSA) is 48.7 Å². The van der Waals surface area contributed by atoms with Gasteiger partial charge in [0.25, 0.3) is 5.95 Å². The summed E-state index contributed by atoms with van der Waals surface area (Å²) in [6, 6.07) is 7.21. The van der Waals surface area contributed by atoms with E-state index in [1.807, 2.05) is 19.1 Å². The Kier molecular flexibility index (Phi) is 3.32. The Labute approximate surface area is 99.1 Å². The average Bonchev–Trinajstić information content (AvgIpc) is 2.70. The van der Waals surface area contributed by atoms with Crippen LogP contribution in [0.1, 0.15) is 19.8 Å². The van der Waals surface area contributed by atoms with E-state index in [1.54, 1.807) is 19.2 Å². The highest BCUT2D eigenvalue weighted by atomic mass is 16.6. The summed E-state index contributed by atoms with van der Waals surface area (Å²) in [7, 11) is 1.57. The van der Waals surface area contributed by atoms with Crippen molar-refractivity contribution in [3.8, 4) is 11.7 Å². The molecule has 0 spiro atoms. The molecule has 0 atom stereocenters. The Bertz CT molecular complexity index is 527. The fourth-order valence-electron chi connectivity index (χ4n) is 1.59. The van der Waals surface area contributed by atoms with Crippen molar-refractivity contribution in [1.29, 1.82) is 0 Å². The first-order valence-electron chi connectivity index (χ1n) is 5.52. The van der Waals surface area contributed by atoms with Gasteiger partial charge in [0.05, 0.1) is 7.11 Å². The summed E-state index contributed by atoms with van der Waals surface area (Å²) in [5.74, 6) is 0.550. The van der Waals surface area contributed by atoms with E-state index in [2.05, 4.69) is 0 Å². The Morgan fingerprint density at radius 2 is 2.24 bits per heavy atom. The first-order valence-corrected chi connectivity index (χ1v) is 5.52. The first-order chi connectivity index (χ1) is 8.24. The maximum atomic E-state index is 11.3. The lowest BCUT2D eigenvalue weighted by atomic mass is 10.2. The molecule has 1 heterocycles. The van der Waals surface area contributed by atoms with Crippen LogP contribution in [0.3, 0.4) is 0 Å². The van der Waals surface area contributed by atoms with E-state index in [1.165, 1.54) is 0 Å². The number of ether oxygens (including phenoxy) is 2. The van der Waals surface area contributed by atoms with Gasteiger partial charge in [-0.2, -0.15) is 0 Å². The van der Waals surface area contributed by atoms with E-state index in [0.717, 1.165) is 11.8 Å². The van der Waals surface area contributed by atoms with Gasteiger partial charge in [0, 0.05) is 17.9 Å². The zero-order valence-corrected chi connectivity index (χ0v) is 9.86. The van der Waals surface area contributed by atoms with E-state index in [-0.39, 0.29) is 11.9 Å². The summed E-state index contributed by atoms with van der Waals surface area (Å²) in [4.78, 5) is 11.3. The molecule has 0 bridgehead atoms. The van der Waals surface area contributed by atoms with Crippen LogP contribution in [0.2, 0.25) is 0 Å². The SMILES string of the molecule is CCCC(=O)Oc1cc2cccc(OC)c2o1. The Morgan fingerprint density at radius 1 is 1.41 bits per heavy atom. The van der Waals surface area contributed by atoms with Crippen molar-refractivity contribution in [2.75, 3.05) is 7.11 Å². The highest BCUT2D eigenvalue weighted by Gasteiger charge is 2.11. The van der Waals surface area contributed by atoms with Crippen LogP contribution < -0.4 is 9.47 Å². The molecule has 4 nitrogen and oxygen atoms in total. The number of carbonyl (C=O) groups excluding carboxylic acids is 1. The standard InChI is InChI=1S/C13H14O4/c1-3-5-11(14)16-12-8-9-6-4-7-10(15-2)13(9)17-12/h4,6-8H,3,5H2,1-2H3. The minimum atomic E-state index is -0.287. The van der Waals surface area contributed by atoms with Gasteiger partial charge in [-0.3, -0.25) is 4.79 Å². The van der Waals surface area contributed by atoms with Crippen LogP contribution in [-0.4, -0.2) is 13.1 Å². The molecule has 0 N–H and O–H groups in total. The van der Waals surface area contributed by atoms with Crippen LogP contribution in [0.4, 0.5) is 0 Å². The molecule has 1 aromatic carbocycles. The van der Waals surface area contributed by atoms with Gasteiger partial charge >= 0.3 is 5.97 Å². The van der Waals surface area contributed by atoms with Crippen molar-refractivity contribution >= 4 is 16.9 Å². The zero-order chi connectivity index (χ0) is 12.3. The molecule has 90 valence electrons. The summed E-state index contributed by atoms with van der Waals surface area (Å²) in [5, 5.41) is 0.851. The summed E-state index contributed by atoms with van der Waals surface area (Å²) < 4.78 is 15.7. The molecule has 0 saturated heterocycles. The molecule has 17 heavy (non-hydrogen) atoms. The largest absolute Gasteiger partial charge is 0.493 e. The number of methoxy groups -OCH3 is 1. The zero-order valence-electron chi connectivity index (χ0n) is 9.86. The van der Waals surface area contributed by atoms with Crippen LogP contribution in [0.25, 0.3) is 11.0 Å². The highest BCUT2D eigenvalue weighted by molar-refractivity contribution is 5.85. The second-order valence-electron chi connectivity index (χ2n) is 3.67. The fourth-order valence-corrected chi connectivity index (χ4v) is 1.59. The molecule has 0 aliphatic carbocycles. The van der Waals surface area contributed by atoms with Gasteiger partial charge in [-0.25, -0.2) is 0 Å². The summed E-state index contributed by atoms with van der Waals surface area (Å²) in [5.41, 5.74) is 0.592. The van der Waals surface area contributed by atoms with Crippen LogP contribution in [0, 0.1) is 0 Å². The predicted molar refractivity (Wildman–Crippen MR) is 63.3 cm³/mol. The molecular weight excluding hydrogens is 220 g/mol. The van der Waals surface area contributed by atoms with E-state index in [4.69, 9.17) is 13.9 Å². The van der Waals surface area contributed by atoms with Crippen molar-refractivity contribution in [3.05, 3.63) is 24.3 Å². The van der Waals surface area contributed by atoms with Gasteiger partial charge in [-0.05, 0) is 12.5 Å². The lowest BCUT2D eigenvalue weighted by molar-refractivity contribution is -0.135. The van der Waals surface area contributed by atoms with Crippen molar-refractivity contribution in [1.82, 2.24) is 0 Å². The minimum absolute atomic E-state index is 0.211. The van der Waals surface area contributed by atoms with Crippen LogP contribution in [-0.2, 0) is 4.79 Å². The number of fused-ring (bicyclic) bond motifs is 1. The van der Waals surface area contributed by atoms with Crippen LogP contribution in [0.5, 0.6) is 11.7 Å². The number of para-hydroxylation sites is 1. The van der Waals surface area contributed by atoms with E-state index in [0.29, 0.717) is 17.8 Å². The third kappa shape index (κ3) is 2.41. The molecule has 2 rings (SSSR count). The van der Waals surface area contributed by atoms with E-state index in [9.17, 15) is 4.79 Å². The molecule has 1 aromatic heterocycles. The molecular formula is C13H14O4. The Hall–Kier alpha value is -1.97. The molecule has 4 heteroatoms. The van der Waals surface area contributed by atoms with Crippen molar-refractivity contribution < 1.29 is 18.7 Å². The number of benzene rings is 1. The predicted octanol–water partition coefficient (Wildman–Crippen LogP) is 3.15. The molecule has 0 saturated carbocycles. The second-order valence-corrected chi connectivity index (χ2v) is 3.67. The van der Waals surface area contributed by atoms with Gasteiger partial charge in [0.1, 0.15) is 0 Å². The minimum Gasteiger partial charge on any atom is -0.493 e. The van der Waals surface area contributed by atoms with Gasteiger partial charge in [-0.15, -0.1) is 0 Å². The lowest BCUT2D eigenvalue weighted by Gasteiger charge is -1.99. The monoisotopic (exact) mass is 234 g/mol. The van der Waals surface area contributed by atoms with Crippen LogP contribution in [0.15, 0.2) is 28.7 Å². The highest BCUT2D eigenvalue weighted by Crippen LogP contribution is 2.32. The van der Waals surface area contributed by atoms with E-state index >= 15 is 0 Å². The fraction of sp³-hybridized carbons (Fsp3) is 0.308. The Morgan fingerprint density at radius 3 is 2.94 bits per heavy atom. The van der Waals surface area contributed by atoms with Gasteiger partial charge in [0.15, 0.2) is 11.3 Å². The summed E-state index contributed by atoms with van der Waals surface area (Å²) >= 11 is 0. The summed E-state index contributed by atoms with van der Waals surface area (Å²) in [6.07, 6.45) is 1.14. The van der Waals surface area contributed by atoms with Gasteiger partial charge in [0.2, 0.25) is 0 Å². The summed E-state index contributed by atoms with van der Waals surface area (Å²) in [6.45, 7) is 1.92. The smallest absolute Gasteiger partial charge is 0.313 e. The molecule has 0 fully saturated rings. The third-order valence-electron chi connectivity index (χ3n) is 2.37. The molecule has 0 aliphatic heterocycles. The average molecular weight is 234 g/mol. The van der Waals surface area contributed by atoms with Crippen molar-refractivity contribution in [2.45, 2.75) is 19.8 Å². The number of carbonyl (C=O) groups is 1. The van der Waals surface area contributed by atoms with Gasteiger partial charge < -0.3 is 13.9 Å². The maximum absolute atomic E-state index is 11.3. The van der Waals surface area contributed by atoms with E-state index < -0.39 is 0 Å².